The largest absolute Gasteiger partial charge is 0.394 e. The summed E-state index contributed by atoms with van der Waals surface area (Å²) in [5.74, 6) is 0. The first kappa shape index (κ1) is 17.8. The Hall–Kier alpha value is -1.55. The predicted octanol–water partition coefficient (Wildman–Crippen LogP) is -0.995. The van der Waals surface area contributed by atoms with Crippen molar-refractivity contribution in [2.24, 2.45) is 5.16 Å². The van der Waals surface area contributed by atoms with Crippen molar-refractivity contribution in [1.82, 2.24) is 0 Å². The van der Waals surface area contributed by atoms with Gasteiger partial charge in [0.2, 0.25) is 0 Å². The van der Waals surface area contributed by atoms with E-state index in [0.29, 0.717) is 6.61 Å². The highest BCUT2D eigenvalue weighted by Crippen LogP contribution is 2.21. The summed E-state index contributed by atoms with van der Waals surface area (Å²) < 4.78 is 10.4. The molecule has 4 N–H and O–H groups in total. The van der Waals surface area contributed by atoms with Crippen LogP contribution in [-0.2, 0) is 20.9 Å². The van der Waals surface area contributed by atoms with Gasteiger partial charge in [0.1, 0.15) is 31.0 Å². The summed E-state index contributed by atoms with van der Waals surface area (Å²) in [5.41, 5.74) is 0.972. The van der Waals surface area contributed by atoms with E-state index in [0.717, 1.165) is 5.56 Å². The number of hydrogen-bond acceptors (Lipinski definition) is 8. The molecule has 128 valence electrons. The van der Waals surface area contributed by atoms with E-state index in [4.69, 9.17) is 19.4 Å². The fourth-order valence-corrected chi connectivity index (χ4v) is 2.11. The molecule has 23 heavy (non-hydrogen) atoms. The molecular weight excluding hydrogens is 306 g/mol. The molecule has 0 spiro atoms. The number of aliphatic hydroxyl groups is 4. The Kier molecular flexibility index (Phi) is 6.90. The highest BCUT2D eigenvalue weighted by Gasteiger charge is 2.43. The molecule has 0 radical (unpaired) electrons. The lowest BCUT2D eigenvalue weighted by Crippen LogP contribution is -2.59. The summed E-state index contributed by atoms with van der Waals surface area (Å²) in [4.78, 5) is 5.07. The lowest BCUT2D eigenvalue weighted by molar-refractivity contribution is -0.297. The Balaban J connectivity index is 1.71. The Labute approximate surface area is 133 Å². The number of nitrogens with zero attached hydrogens (tertiary/aromatic N) is 1. The maximum atomic E-state index is 9.76. The zero-order chi connectivity index (χ0) is 16.7. The number of oxime groups is 1. The van der Waals surface area contributed by atoms with Crippen molar-refractivity contribution in [1.29, 1.82) is 0 Å². The third-order valence-corrected chi connectivity index (χ3v) is 3.41. The normalized spacial score (nSPS) is 31.4. The van der Waals surface area contributed by atoms with E-state index >= 15 is 0 Å². The SMILES string of the molecule is OCC1O[C@H](OCC=NOCc2ccccc2)C(O)C(O)[C@@H]1O. The molecule has 1 heterocycles. The van der Waals surface area contributed by atoms with Gasteiger partial charge in [-0.05, 0) is 5.56 Å². The molecular formula is C15H21NO7. The molecule has 1 aromatic rings. The zero-order valence-electron chi connectivity index (χ0n) is 12.4. The second kappa shape index (κ2) is 8.92. The summed E-state index contributed by atoms with van der Waals surface area (Å²) in [7, 11) is 0. The molecule has 0 saturated carbocycles. The molecule has 0 amide bonds. The first-order valence-corrected chi connectivity index (χ1v) is 7.23. The quantitative estimate of drug-likeness (QED) is 0.375. The van der Waals surface area contributed by atoms with Crippen LogP contribution in [0.3, 0.4) is 0 Å². The van der Waals surface area contributed by atoms with E-state index in [-0.39, 0.29) is 6.61 Å². The molecule has 1 saturated heterocycles. The molecule has 3 unspecified atom stereocenters. The van der Waals surface area contributed by atoms with Crippen LogP contribution in [0.1, 0.15) is 5.56 Å². The standard InChI is InChI=1S/C15H21NO7/c17-8-11-12(18)13(19)14(20)15(23-11)21-7-6-16-22-9-10-4-2-1-3-5-10/h1-6,11-15,17-20H,7-9H2/t11?,12-,13?,14?,15+/m1/s1. The van der Waals surface area contributed by atoms with Crippen LogP contribution in [0, 0.1) is 0 Å². The van der Waals surface area contributed by atoms with Crippen LogP contribution in [0.5, 0.6) is 0 Å². The number of rotatable bonds is 7. The molecule has 1 aliphatic heterocycles. The van der Waals surface area contributed by atoms with Crippen LogP contribution in [0.4, 0.5) is 0 Å². The lowest BCUT2D eigenvalue weighted by Gasteiger charge is -2.39. The van der Waals surface area contributed by atoms with Gasteiger partial charge >= 0.3 is 0 Å². The molecule has 1 fully saturated rings. The van der Waals surface area contributed by atoms with Crippen LogP contribution in [0.25, 0.3) is 0 Å². The van der Waals surface area contributed by atoms with E-state index in [1.165, 1.54) is 6.21 Å². The second-order valence-electron chi connectivity index (χ2n) is 5.08. The highest BCUT2D eigenvalue weighted by atomic mass is 16.7. The van der Waals surface area contributed by atoms with E-state index < -0.39 is 37.3 Å². The van der Waals surface area contributed by atoms with Crippen molar-refractivity contribution in [3.05, 3.63) is 35.9 Å². The van der Waals surface area contributed by atoms with Crippen LogP contribution < -0.4 is 0 Å². The molecule has 5 atom stereocenters. The Morgan fingerprint density at radius 1 is 1.09 bits per heavy atom. The number of aliphatic hydroxyl groups excluding tert-OH is 4. The number of hydrogen-bond donors (Lipinski definition) is 4. The first-order valence-electron chi connectivity index (χ1n) is 7.23. The van der Waals surface area contributed by atoms with Crippen LogP contribution in [0.2, 0.25) is 0 Å². The van der Waals surface area contributed by atoms with Gasteiger partial charge in [0.15, 0.2) is 6.29 Å². The molecule has 0 aliphatic carbocycles. The average Bonchev–Trinajstić information content (AvgIpc) is 2.58. The maximum Gasteiger partial charge on any atom is 0.187 e. The molecule has 1 aromatic carbocycles. The minimum atomic E-state index is -1.46. The van der Waals surface area contributed by atoms with Crippen molar-refractivity contribution in [3.63, 3.8) is 0 Å². The Morgan fingerprint density at radius 3 is 2.52 bits per heavy atom. The first-order chi connectivity index (χ1) is 11.1. The van der Waals surface area contributed by atoms with Crippen molar-refractivity contribution in [2.75, 3.05) is 13.2 Å². The van der Waals surface area contributed by atoms with Crippen molar-refractivity contribution < 1.29 is 34.7 Å². The predicted molar refractivity (Wildman–Crippen MR) is 79.4 cm³/mol. The minimum Gasteiger partial charge on any atom is -0.394 e. The molecule has 0 bridgehead atoms. The topological polar surface area (TPSA) is 121 Å². The Bertz CT molecular complexity index is 482. The summed E-state index contributed by atoms with van der Waals surface area (Å²) in [5, 5.41) is 41.7. The highest BCUT2D eigenvalue weighted by molar-refractivity contribution is 5.57. The third-order valence-electron chi connectivity index (χ3n) is 3.41. The van der Waals surface area contributed by atoms with Crippen molar-refractivity contribution in [2.45, 2.75) is 37.3 Å². The zero-order valence-corrected chi connectivity index (χ0v) is 12.4. The third kappa shape index (κ3) is 4.96. The van der Waals surface area contributed by atoms with E-state index in [1.807, 2.05) is 30.3 Å². The average molecular weight is 327 g/mol. The van der Waals surface area contributed by atoms with Gasteiger partial charge in [-0.25, -0.2) is 0 Å². The van der Waals surface area contributed by atoms with Gasteiger partial charge < -0.3 is 34.7 Å². The molecule has 0 aromatic heterocycles. The Morgan fingerprint density at radius 2 is 1.83 bits per heavy atom. The van der Waals surface area contributed by atoms with E-state index in [1.54, 1.807) is 0 Å². The molecule has 1 aliphatic rings. The van der Waals surface area contributed by atoms with Gasteiger partial charge in [-0.3, -0.25) is 0 Å². The molecule has 8 nitrogen and oxygen atoms in total. The number of ether oxygens (including phenoxy) is 2. The van der Waals surface area contributed by atoms with Gasteiger partial charge in [-0.2, -0.15) is 0 Å². The van der Waals surface area contributed by atoms with Gasteiger partial charge in [0.05, 0.1) is 19.4 Å². The summed E-state index contributed by atoms with van der Waals surface area (Å²) in [6, 6.07) is 9.50. The van der Waals surface area contributed by atoms with Crippen molar-refractivity contribution >= 4 is 6.21 Å². The van der Waals surface area contributed by atoms with Crippen LogP contribution in [-0.4, -0.2) is 70.6 Å². The fourth-order valence-electron chi connectivity index (χ4n) is 2.11. The fraction of sp³-hybridized carbons (Fsp3) is 0.533. The van der Waals surface area contributed by atoms with Gasteiger partial charge in [-0.1, -0.05) is 35.5 Å². The second-order valence-corrected chi connectivity index (χ2v) is 5.08. The molecule has 8 heteroatoms. The van der Waals surface area contributed by atoms with Crippen molar-refractivity contribution in [3.8, 4) is 0 Å². The summed E-state index contributed by atoms with van der Waals surface area (Å²) >= 11 is 0. The maximum absolute atomic E-state index is 9.76. The smallest absolute Gasteiger partial charge is 0.187 e. The lowest BCUT2D eigenvalue weighted by atomic mass is 9.99. The summed E-state index contributed by atoms with van der Waals surface area (Å²) in [6.45, 7) is -0.214. The van der Waals surface area contributed by atoms with E-state index in [2.05, 4.69) is 5.16 Å². The monoisotopic (exact) mass is 327 g/mol. The summed E-state index contributed by atoms with van der Waals surface area (Å²) in [6.07, 6.45) is -5.12. The van der Waals surface area contributed by atoms with E-state index in [9.17, 15) is 15.3 Å². The minimum absolute atomic E-state index is 0.0303. The van der Waals surface area contributed by atoms with Gasteiger partial charge in [-0.15, -0.1) is 0 Å². The van der Waals surface area contributed by atoms with Gasteiger partial charge in [0, 0.05) is 0 Å². The van der Waals surface area contributed by atoms with Crippen LogP contribution >= 0.6 is 0 Å². The van der Waals surface area contributed by atoms with Crippen LogP contribution in [0.15, 0.2) is 35.5 Å². The number of benzene rings is 1. The molecule has 2 rings (SSSR count). The van der Waals surface area contributed by atoms with Gasteiger partial charge in [0.25, 0.3) is 0 Å².